The van der Waals surface area contributed by atoms with Crippen LogP contribution in [0, 0.1) is 13.8 Å². The topological polar surface area (TPSA) is 84.8 Å². The molecule has 0 bridgehead atoms. The lowest BCUT2D eigenvalue weighted by molar-refractivity contribution is 0.0660. The van der Waals surface area contributed by atoms with Gasteiger partial charge in [0.1, 0.15) is 0 Å². The lowest BCUT2D eigenvalue weighted by atomic mass is 9.87. The number of furan rings is 1. The second-order valence-corrected chi connectivity index (χ2v) is 8.56. The summed E-state index contributed by atoms with van der Waals surface area (Å²) in [6.07, 6.45) is 2.09. The highest BCUT2D eigenvalue weighted by molar-refractivity contribution is 5.92. The average Bonchev–Trinajstić information content (AvgIpc) is 3.39. The molecule has 5 rings (SSSR count). The number of carbonyl (C=O) groups is 1. The van der Waals surface area contributed by atoms with Crippen molar-refractivity contribution in [3.63, 3.8) is 0 Å². The third-order valence-corrected chi connectivity index (χ3v) is 6.74. The number of methoxy groups -OCH3 is 2. The molecule has 174 valence electrons. The van der Waals surface area contributed by atoms with Crippen molar-refractivity contribution in [2.24, 2.45) is 0 Å². The smallest absolute Gasteiger partial charge is 0.290 e. The Labute approximate surface area is 196 Å². The molecule has 2 aromatic carbocycles. The number of nitrogens with zero attached hydrogens (tertiary/aromatic N) is 1. The summed E-state index contributed by atoms with van der Waals surface area (Å²) in [6.45, 7) is 4.44. The number of aryl methyl sites for hydroxylation is 2. The molecule has 0 radical (unpaired) electrons. The van der Waals surface area contributed by atoms with Crippen molar-refractivity contribution in [1.29, 1.82) is 0 Å². The van der Waals surface area contributed by atoms with Crippen molar-refractivity contribution in [3.8, 4) is 11.5 Å². The molecule has 34 heavy (non-hydrogen) atoms. The van der Waals surface area contributed by atoms with E-state index in [1.54, 1.807) is 31.3 Å². The fourth-order valence-corrected chi connectivity index (χ4v) is 4.79. The zero-order valence-corrected chi connectivity index (χ0v) is 19.6. The normalized spacial score (nSPS) is 15.3. The van der Waals surface area contributed by atoms with Gasteiger partial charge in [0, 0.05) is 12.1 Å². The monoisotopic (exact) mass is 458 g/mol. The first-order valence-corrected chi connectivity index (χ1v) is 11.1. The van der Waals surface area contributed by atoms with Crippen molar-refractivity contribution >= 4 is 16.8 Å². The number of amides is 1. The molecule has 0 spiro atoms. The largest absolute Gasteiger partial charge is 0.493 e. The van der Waals surface area contributed by atoms with Crippen LogP contribution >= 0.6 is 0 Å². The molecule has 0 fully saturated rings. The molecule has 1 N–H and O–H groups in total. The van der Waals surface area contributed by atoms with Crippen LogP contribution in [0.5, 0.6) is 11.5 Å². The first-order chi connectivity index (χ1) is 16.4. The van der Waals surface area contributed by atoms with E-state index in [9.17, 15) is 9.59 Å². The Morgan fingerprint density at radius 1 is 1.06 bits per heavy atom. The highest BCUT2D eigenvalue weighted by Crippen LogP contribution is 2.41. The zero-order chi connectivity index (χ0) is 24.0. The quantitative estimate of drug-likeness (QED) is 0.485. The van der Waals surface area contributed by atoms with Gasteiger partial charge in [-0.3, -0.25) is 9.59 Å². The van der Waals surface area contributed by atoms with Gasteiger partial charge >= 0.3 is 0 Å². The maximum Gasteiger partial charge on any atom is 0.290 e. The van der Waals surface area contributed by atoms with Crippen LogP contribution in [0.25, 0.3) is 10.9 Å². The fraction of sp³-hybridized carbons (Fsp3) is 0.259. The molecule has 0 saturated heterocycles. The van der Waals surface area contributed by atoms with Crippen LogP contribution in [0.15, 0.2) is 57.9 Å². The van der Waals surface area contributed by atoms with Gasteiger partial charge in [0.15, 0.2) is 17.3 Å². The van der Waals surface area contributed by atoms with E-state index < -0.39 is 6.04 Å². The standard InChI is InChI=1S/C27H26N2O5/c1-15-7-8-18-12-20(26(30)28-24(18)16(15)2)25-19-14-23(33-4)22(32-3)13-17(19)9-10-29(25)27(31)21-6-5-11-34-21/h5-8,11-14,25H,9-10H2,1-4H3,(H,28,30)/t25-/m1/s1. The van der Waals surface area contributed by atoms with E-state index in [1.807, 2.05) is 44.2 Å². The van der Waals surface area contributed by atoms with E-state index in [1.165, 1.54) is 6.26 Å². The molecule has 1 aliphatic heterocycles. The van der Waals surface area contributed by atoms with Crippen LogP contribution in [0.2, 0.25) is 0 Å². The molecule has 7 heteroatoms. The van der Waals surface area contributed by atoms with Crippen LogP contribution in [0.1, 0.15) is 44.4 Å². The van der Waals surface area contributed by atoms with Crippen LogP contribution in [-0.2, 0) is 6.42 Å². The van der Waals surface area contributed by atoms with Crippen LogP contribution in [-0.4, -0.2) is 36.6 Å². The number of hydrogen-bond donors (Lipinski definition) is 1. The first-order valence-electron chi connectivity index (χ1n) is 11.1. The average molecular weight is 459 g/mol. The molecule has 1 aliphatic rings. The van der Waals surface area contributed by atoms with E-state index >= 15 is 0 Å². The lowest BCUT2D eigenvalue weighted by Crippen LogP contribution is -2.42. The number of benzene rings is 2. The number of ether oxygens (including phenoxy) is 2. The van der Waals surface area contributed by atoms with E-state index in [2.05, 4.69) is 4.98 Å². The molecule has 4 aromatic rings. The second kappa shape index (κ2) is 8.41. The van der Waals surface area contributed by atoms with Crippen LogP contribution < -0.4 is 15.0 Å². The summed E-state index contributed by atoms with van der Waals surface area (Å²) < 4.78 is 16.5. The number of rotatable bonds is 4. The van der Waals surface area contributed by atoms with E-state index in [0.29, 0.717) is 30.0 Å². The predicted molar refractivity (Wildman–Crippen MR) is 129 cm³/mol. The Hall–Kier alpha value is -4.00. The van der Waals surface area contributed by atoms with E-state index in [-0.39, 0.29) is 17.2 Å². The molecular formula is C27H26N2O5. The molecule has 0 saturated carbocycles. The van der Waals surface area contributed by atoms with Gasteiger partial charge in [0.25, 0.3) is 11.5 Å². The van der Waals surface area contributed by atoms with Gasteiger partial charge in [0.2, 0.25) is 0 Å². The van der Waals surface area contributed by atoms with Gasteiger partial charge in [-0.2, -0.15) is 0 Å². The molecule has 0 aliphatic carbocycles. The number of carbonyl (C=O) groups excluding carboxylic acids is 1. The number of hydrogen-bond acceptors (Lipinski definition) is 5. The van der Waals surface area contributed by atoms with E-state index in [4.69, 9.17) is 13.9 Å². The van der Waals surface area contributed by atoms with E-state index in [0.717, 1.165) is 33.2 Å². The van der Waals surface area contributed by atoms with Gasteiger partial charge in [-0.05, 0) is 78.2 Å². The summed E-state index contributed by atoms with van der Waals surface area (Å²) in [5.41, 5.74) is 5.03. The Kier molecular flexibility index (Phi) is 5.40. The first kappa shape index (κ1) is 21.8. The van der Waals surface area contributed by atoms with Gasteiger partial charge in [0.05, 0.1) is 32.0 Å². The predicted octanol–water partition coefficient (Wildman–Crippen LogP) is 4.54. The van der Waals surface area contributed by atoms with Gasteiger partial charge in [-0.15, -0.1) is 0 Å². The lowest BCUT2D eigenvalue weighted by Gasteiger charge is -2.37. The highest BCUT2D eigenvalue weighted by Gasteiger charge is 2.36. The molecule has 7 nitrogen and oxygen atoms in total. The Morgan fingerprint density at radius 2 is 1.82 bits per heavy atom. The molecule has 3 heterocycles. The van der Waals surface area contributed by atoms with Crippen molar-refractivity contribution in [3.05, 3.63) is 92.7 Å². The minimum absolute atomic E-state index is 0.230. The number of H-pyrrole nitrogens is 1. The number of aromatic amines is 1. The minimum atomic E-state index is -0.615. The third-order valence-electron chi connectivity index (χ3n) is 6.74. The number of nitrogens with one attached hydrogen (secondary N) is 1. The maximum absolute atomic E-state index is 13.5. The molecular weight excluding hydrogens is 432 g/mol. The SMILES string of the molecule is COc1cc2c(cc1OC)[C@H](c1cc3ccc(C)c(C)c3[nH]c1=O)N(C(=O)c1ccco1)CC2. The molecule has 1 atom stereocenters. The molecule has 0 unspecified atom stereocenters. The van der Waals surface area contributed by atoms with Gasteiger partial charge < -0.3 is 23.8 Å². The molecule has 2 aromatic heterocycles. The number of aromatic nitrogens is 1. The summed E-state index contributed by atoms with van der Waals surface area (Å²) in [6, 6.07) is 12.4. The van der Waals surface area contributed by atoms with Gasteiger partial charge in [-0.25, -0.2) is 0 Å². The van der Waals surface area contributed by atoms with Crippen molar-refractivity contribution < 1.29 is 18.7 Å². The highest BCUT2D eigenvalue weighted by atomic mass is 16.5. The Bertz CT molecular complexity index is 1450. The number of fused-ring (bicyclic) bond motifs is 2. The Balaban J connectivity index is 1.75. The minimum Gasteiger partial charge on any atom is -0.493 e. The summed E-state index contributed by atoms with van der Waals surface area (Å²) in [7, 11) is 3.16. The van der Waals surface area contributed by atoms with Crippen LogP contribution in [0.4, 0.5) is 0 Å². The Morgan fingerprint density at radius 3 is 2.53 bits per heavy atom. The summed E-state index contributed by atoms with van der Waals surface area (Å²) >= 11 is 0. The molecule has 1 amide bonds. The zero-order valence-electron chi connectivity index (χ0n) is 19.6. The second-order valence-electron chi connectivity index (χ2n) is 8.56. The van der Waals surface area contributed by atoms with Crippen molar-refractivity contribution in [1.82, 2.24) is 9.88 Å². The van der Waals surface area contributed by atoms with Gasteiger partial charge in [-0.1, -0.05) is 12.1 Å². The third kappa shape index (κ3) is 3.44. The summed E-state index contributed by atoms with van der Waals surface area (Å²) in [4.78, 5) is 31.7. The van der Waals surface area contributed by atoms with Crippen molar-refractivity contribution in [2.45, 2.75) is 26.3 Å². The summed E-state index contributed by atoms with van der Waals surface area (Å²) in [5, 5.41) is 0.913. The van der Waals surface area contributed by atoms with Crippen LogP contribution in [0.3, 0.4) is 0 Å². The van der Waals surface area contributed by atoms with Crippen molar-refractivity contribution in [2.75, 3.05) is 20.8 Å². The fourth-order valence-electron chi connectivity index (χ4n) is 4.79. The maximum atomic E-state index is 13.5. The summed E-state index contributed by atoms with van der Waals surface area (Å²) in [5.74, 6) is 1.12. The number of pyridine rings is 1.